The zero-order valence-electron chi connectivity index (χ0n) is 16.1. The van der Waals surface area contributed by atoms with Crippen LogP contribution in [0.15, 0.2) is 78.9 Å². The predicted molar refractivity (Wildman–Crippen MR) is 112 cm³/mol. The first kappa shape index (κ1) is 19.6. The van der Waals surface area contributed by atoms with Crippen LogP contribution in [0.5, 0.6) is 5.75 Å². The molecule has 3 nitrogen and oxygen atoms in total. The minimum Gasteiger partial charge on any atom is -0.497 e. The molecule has 3 aromatic rings. The minimum absolute atomic E-state index is 0.00866. The van der Waals surface area contributed by atoms with Crippen LogP contribution in [0.25, 0.3) is 11.1 Å². The normalized spacial score (nSPS) is 10.5. The summed E-state index contributed by atoms with van der Waals surface area (Å²) in [6.45, 7) is 0. The highest BCUT2D eigenvalue weighted by atomic mass is 16.5. The second kappa shape index (κ2) is 9.65. The van der Waals surface area contributed by atoms with Gasteiger partial charge in [-0.25, -0.2) is 0 Å². The Morgan fingerprint density at radius 2 is 1.43 bits per heavy atom. The molecule has 142 valence electrons. The van der Waals surface area contributed by atoms with E-state index in [4.69, 9.17) is 4.74 Å². The quantitative estimate of drug-likeness (QED) is 0.366. The Labute approximate surface area is 166 Å². The van der Waals surface area contributed by atoms with Gasteiger partial charge in [-0.2, -0.15) is 0 Å². The maximum atomic E-state index is 12.4. The van der Waals surface area contributed by atoms with E-state index < -0.39 is 0 Å². The number of hydrogen-bond donors (Lipinski definition) is 0. The van der Waals surface area contributed by atoms with Crippen LogP contribution in [0.4, 0.5) is 0 Å². The third-order valence-corrected chi connectivity index (χ3v) is 4.75. The topological polar surface area (TPSA) is 43.4 Å². The summed E-state index contributed by atoms with van der Waals surface area (Å²) in [6.07, 6.45) is 1.94. The van der Waals surface area contributed by atoms with Crippen LogP contribution in [0, 0.1) is 0 Å². The molecule has 0 atom stereocenters. The van der Waals surface area contributed by atoms with Crippen LogP contribution in [0.3, 0.4) is 0 Å². The summed E-state index contributed by atoms with van der Waals surface area (Å²) in [5.41, 5.74) is 3.92. The Balaban J connectivity index is 1.47. The van der Waals surface area contributed by atoms with Gasteiger partial charge >= 0.3 is 0 Å². The third-order valence-electron chi connectivity index (χ3n) is 4.75. The number of benzene rings is 3. The Hall–Kier alpha value is -3.20. The number of rotatable bonds is 9. The van der Waals surface area contributed by atoms with Crippen LogP contribution >= 0.6 is 0 Å². The molecule has 0 saturated carbocycles. The Kier molecular flexibility index (Phi) is 6.74. The lowest BCUT2D eigenvalue weighted by Gasteiger charge is -2.05. The van der Waals surface area contributed by atoms with Gasteiger partial charge in [0.05, 0.1) is 13.5 Å². The number of aryl methyl sites for hydroxylation is 1. The standard InChI is InChI=1S/C25H24O3/c1-28-24-16-10-19(11-17-24)6-5-9-23(26)18-25(27)22-14-12-21(13-15-22)20-7-3-2-4-8-20/h2-4,7-8,10-17H,5-6,9,18H2,1H3. The molecule has 3 aromatic carbocycles. The summed E-state index contributed by atoms with van der Waals surface area (Å²) in [4.78, 5) is 24.5. The number of methoxy groups -OCH3 is 1. The van der Waals surface area contributed by atoms with Gasteiger partial charge in [0, 0.05) is 12.0 Å². The molecule has 0 aliphatic heterocycles. The van der Waals surface area contributed by atoms with Crippen LogP contribution in [-0.2, 0) is 11.2 Å². The van der Waals surface area contributed by atoms with Crippen molar-refractivity contribution in [2.24, 2.45) is 0 Å². The fourth-order valence-electron chi connectivity index (χ4n) is 3.13. The first-order chi connectivity index (χ1) is 13.7. The third kappa shape index (κ3) is 5.40. The molecule has 0 unspecified atom stereocenters. The Morgan fingerprint density at radius 3 is 2.07 bits per heavy atom. The van der Waals surface area contributed by atoms with E-state index >= 15 is 0 Å². The number of carbonyl (C=O) groups is 2. The van der Waals surface area contributed by atoms with Crippen LogP contribution in [-0.4, -0.2) is 18.7 Å². The molecule has 0 heterocycles. The van der Waals surface area contributed by atoms with Crippen molar-refractivity contribution in [2.75, 3.05) is 7.11 Å². The van der Waals surface area contributed by atoms with Crippen LogP contribution in [0.2, 0.25) is 0 Å². The van der Waals surface area contributed by atoms with Gasteiger partial charge in [-0.15, -0.1) is 0 Å². The first-order valence-corrected chi connectivity index (χ1v) is 9.49. The van der Waals surface area contributed by atoms with Crippen molar-refractivity contribution in [1.29, 1.82) is 0 Å². The summed E-state index contributed by atoms with van der Waals surface area (Å²) in [6, 6.07) is 25.3. The van der Waals surface area contributed by atoms with Crippen molar-refractivity contribution in [3.8, 4) is 16.9 Å². The number of hydrogen-bond acceptors (Lipinski definition) is 3. The molecular formula is C25H24O3. The van der Waals surface area contributed by atoms with Crippen LogP contribution in [0.1, 0.15) is 35.2 Å². The summed E-state index contributed by atoms with van der Waals surface area (Å²) in [7, 11) is 1.64. The van der Waals surface area contributed by atoms with E-state index in [1.165, 1.54) is 0 Å². The molecule has 3 rings (SSSR count). The molecule has 0 aliphatic carbocycles. The molecule has 0 fully saturated rings. The fourth-order valence-corrected chi connectivity index (χ4v) is 3.13. The van der Waals surface area contributed by atoms with E-state index in [0.717, 1.165) is 35.3 Å². The van der Waals surface area contributed by atoms with E-state index in [-0.39, 0.29) is 18.0 Å². The zero-order valence-corrected chi connectivity index (χ0v) is 16.1. The highest BCUT2D eigenvalue weighted by Crippen LogP contribution is 2.20. The van der Waals surface area contributed by atoms with Gasteiger partial charge in [0.1, 0.15) is 11.5 Å². The maximum Gasteiger partial charge on any atom is 0.170 e. The van der Waals surface area contributed by atoms with E-state index in [0.29, 0.717) is 12.0 Å². The lowest BCUT2D eigenvalue weighted by atomic mass is 9.99. The molecule has 3 heteroatoms. The molecule has 0 aliphatic rings. The van der Waals surface area contributed by atoms with Crippen molar-refractivity contribution in [1.82, 2.24) is 0 Å². The van der Waals surface area contributed by atoms with E-state index in [9.17, 15) is 9.59 Å². The van der Waals surface area contributed by atoms with Gasteiger partial charge in [-0.1, -0.05) is 66.7 Å². The van der Waals surface area contributed by atoms with Crippen molar-refractivity contribution in [2.45, 2.75) is 25.7 Å². The maximum absolute atomic E-state index is 12.4. The first-order valence-electron chi connectivity index (χ1n) is 9.49. The largest absolute Gasteiger partial charge is 0.497 e. The Morgan fingerprint density at radius 1 is 0.786 bits per heavy atom. The summed E-state index contributed by atoms with van der Waals surface area (Å²) < 4.78 is 5.14. The average Bonchev–Trinajstić information content (AvgIpc) is 2.75. The van der Waals surface area contributed by atoms with Crippen molar-refractivity contribution in [3.05, 3.63) is 90.0 Å². The molecule has 28 heavy (non-hydrogen) atoms. The lowest BCUT2D eigenvalue weighted by Crippen LogP contribution is -2.08. The van der Waals surface area contributed by atoms with Gasteiger partial charge < -0.3 is 4.74 Å². The summed E-state index contributed by atoms with van der Waals surface area (Å²) >= 11 is 0. The molecule has 0 radical (unpaired) electrons. The smallest absolute Gasteiger partial charge is 0.170 e. The highest BCUT2D eigenvalue weighted by molar-refractivity contribution is 6.08. The predicted octanol–water partition coefficient (Wildman–Crippen LogP) is 5.53. The summed E-state index contributed by atoms with van der Waals surface area (Å²) in [5.74, 6) is 0.698. The number of Topliss-reactive ketones (excluding diaryl/α,β-unsaturated/α-hetero) is 2. The van der Waals surface area contributed by atoms with Gasteiger partial charge in [-0.05, 0) is 41.7 Å². The zero-order chi connectivity index (χ0) is 19.8. The average molecular weight is 372 g/mol. The molecule has 0 N–H and O–H groups in total. The van der Waals surface area contributed by atoms with Gasteiger partial charge in [0.15, 0.2) is 5.78 Å². The number of ether oxygens (including phenoxy) is 1. The monoisotopic (exact) mass is 372 g/mol. The van der Waals surface area contributed by atoms with Crippen LogP contribution < -0.4 is 4.74 Å². The molecule has 0 amide bonds. The van der Waals surface area contributed by atoms with E-state index in [1.54, 1.807) is 19.2 Å². The highest BCUT2D eigenvalue weighted by Gasteiger charge is 2.12. The number of ketones is 2. The van der Waals surface area contributed by atoms with Gasteiger partial charge in [0.2, 0.25) is 0 Å². The van der Waals surface area contributed by atoms with Crippen molar-refractivity contribution in [3.63, 3.8) is 0 Å². The van der Waals surface area contributed by atoms with E-state index in [1.807, 2.05) is 66.7 Å². The van der Waals surface area contributed by atoms with Crippen molar-refractivity contribution < 1.29 is 14.3 Å². The van der Waals surface area contributed by atoms with E-state index in [2.05, 4.69) is 0 Å². The fraction of sp³-hybridized carbons (Fsp3) is 0.200. The molecule has 0 bridgehead atoms. The van der Waals surface area contributed by atoms with Gasteiger partial charge in [0.25, 0.3) is 0 Å². The summed E-state index contributed by atoms with van der Waals surface area (Å²) in [5, 5.41) is 0. The minimum atomic E-state index is -0.117. The number of carbonyl (C=O) groups excluding carboxylic acids is 2. The lowest BCUT2D eigenvalue weighted by molar-refractivity contribution is -0.118. The SMILES string of the molecule is COc1ccc(CCCC(=O)CC(=O)c2ccc(-c3ccccc3)cc2)cc1. The molecule has 0 aromatic heterocycles. The molecular weight excluding hydrogens is 348 g/mol. The molecule has 0 spiro atoms. The van der Waals surface area contributed by atoms with Crippen molar-refractivity contribution >= 4 is 11.6 Å². The Bertz CT molecular complexity index is 910. The second-order valence-corrected chi connectivity index (χ2v) is 6.78. The second-order valence-electron chi connectivity index (χ2n) is 6.78. The molecule has 0 saturated heterocycles. The van der Waals surface area contributed by atoms with Gasteiger partial charge in [-0.3, -0.25) is 9.59 Å².